The summed E-state index contributed by atoms with van der Waals surface area (Å²) in [4.78, 5) is 17.3. The minimum absolute atomic E-state index is 0.121. The Morgan fingerprint density at radius 2 is 2.03 bits per heavy atom. The normalized spacial score (nSPS) is 14.4. The number of nitrogens with zero attached hydrogens (tertiary/aromatic N) is 1. The number of carbonyl (C=O) groups excluding carboxylic acids is 1. The molecule has 0 heterocycles. The van der Waals surface area contributed by atoms with E-state index in [-0.39, 0.29) is 5.91 Å². The minimum Gasteiger partial charge on any atom is -0.403 e. The van der Waals surface area contributed by atoms with Gasteiger partial charge in [-0.1, -0.05) is 29.3 Å². The van der Waals surface area contributed by atoms with E-state index in [1.54, 1.807) is 12.3 Å². The Hall–Kier alpha value is -2.63. The van der Waals surface area contributed by atoms with Gasteiger partial charge >= 0.3 is 0 Å². The molecule has 29 heavy (non-hydrogen) atoms. The number of nitrogens with two attached hydrogens (primary N) is 2. The standard InChI is InChI=1S/C23H27ClN4O/c1-15-8-16(11-22(17-2-3-17)27-7-6-25)10-19(9-15)23(29)28-14-20-12-21(24)5-4-18(20)13-26/h4-10,12,17H,2-3,11,13-14,25-26H2,1H3,(H,28,29)/b7-6-,27-22?. The SMILES string of the molecule is Cc1cc(CC(=N/C=C\N)C2CC2)cc(C(=O)NCc2cc(Cl)ccc2CN)c1. The molecule has 5 N–H and O–H groups in total. The molecule has 1 saturated carbocycles. The van der Waals surface area contributed by atoms with Gasteiger partial charge in [-0.25, -0.2) is 0 Å². The molecule has 152 valence electrons. The van der Waals surface area contributed by atoms with Crippen LogP contribution >= 0.6 is 11.6 Å². The third-order valence-electron chi connectivity index (χ3n) is 4.99. The maximum Gasteiger partial charge on any atom is 0.251 e. The van der Waals surface area contributed by atoms with E-state index in [1.165, 1.54) is 19.0 Å². The van der Waals surface area contributed by atoms with Crippen molar-refractivity contribution in [3.8, 4) is 0 Å². The highest BCUT2D eigenvalue weighted by molar-refractivity contribution is 6.30. The Balaban J connectivity index is 1.73. The van der Waals surface area contributed by atoms with Crippen molar-refractivity contribution in [2.45, 2.75) is 39.3 Å². The van der Waals surface area contributed by atoms with E-state index in [0.29, 0.717) is 29.6 Å². The number of nitrogens with one attached hydrogen (secondary N) is 1. The lowest BCUT2D eigenvalue weighted by Gasteiger charge is -2.12. The van der Waals surface area contributed by atoms with Crippen molar-refractivity contribution < 1.29 is 4.79 Å². The van der Waals surface area contributed by atoms with Crippen LogP contribution in [0.2, 0.25) is 5.02 Å². The number of amides is 1. The maximum absolute atomic E-state index is 12.8. The second-order valence-electron chi connectivity index (χ2n) is 7.42. The molecule has 0 unspecified atom stereocenters. The number of aryl methyl sites for hydroxylation is 1. The van der Waals surface area contributed by atoms with E-state index < -0.39 is 0 Å². The molecule has 2 aromatic rings. The van der Waals surface area contributed by atoms with Gasteiger partial charge in [0.2, 0.25) is 0 Å². The molecule has 6 heteroatoms. The van der Waals surface area contributed by atoms with Crippen LogP contribution in [0.5, 0.6) is 0 Å². The van der Waals surface area contributed by atoms with E-state index in [1.807, 2.05) is 31.2 Å². The van der Waals surface area contributed by atoms with Crippen molar-refractivity contribution in [3.63, 3.8) is 0 Å². The number of hydrogen-bond acceptors (Lipinski definition) is 4. The summed E-state index contributed by atoms with van der Waals surface area (Å²) < 4.78 is 0. The molecule has 0 spiro atoms. The van der Waals surface area contributed by atoms with Gasteiger partial charge in [0, 0.05) is 48.2 Å². The molecule has 0 saturated heterocycles. The Morgan fingerprint density at radius 3 is 2.72 bits per heavy atom. The third-order valence-corrected chi connectivity index (χ3v) is 5.22. The lowest BCUT2D eigenvalue weighted by atomic mass is 9.99. The average molecular weight is 411 g/mol. The second kappa shape index (κ2) is 9.72. The molecule has 5 nitrogen and oxygen atoms in total. The number of rotatable bonds is 8. The quantitative estimate of drug-likeness (QED) is 0.577. The largest absolute Gasteiger partial charge is 0.403 e. The molecule has 3 rings (SSSR count). The van der Waals surface area contributed by atoms with Gasteiger partial charge in [0.15, 0.2) is 0 Å². The van der Waals surface area contributed by atoms with Gasteiger partial charge in [0.25, 0.3) is 5.91 Å². The molecule has 0 aliphatic heterocycles. The lowest BCUT2D eigenvalue weighted by Crippen LogP contribution is -2.24. The van der Waals surface area contributed by atoms with E-state index in [0.717, 1.165) is 34.4 Å². The van der Waals surface area contributed by atoms with Gasteiger partial charge in [-0.2, -0.15) is 0 Å². The molecular formula is C23H27ClN4O. The Kier molecular flexibility index (Phi) is 7.07. The first-order chi connectivity index (χ1) is 14.0. The summed E-state index contributed by atoms with van der Waals surface area (Å²) in [5, 5.41) is 3.61. The first-order valence-corrected chi connectivity index (χ1v) is 10.2. The van der Waals surface area contributed by atoms with Gasteiger partial charge < -0.3 is 16.8 Å². The van der Waals surface area contributed by atoms with Crippen molar-refractivity contribution in [2.24, 2.45) is 22.4 Å². The Morgan fingerprint density at radius 1 is 1.24 bits per heavy atom. The summed E-state index contributed by atoms with van der Waals surface area (Å²) in [7, 11) is 0. The second-order valence-corrected chi connectivity index (χ2v) is 7.86. The van der Waals surface area contributed by atoms with Crippen molar-refractivity contribution in [3.05, 3.63) is 81.6 Å². The Labute approximate surface area is 176 Å². The highest BCUT2D eigenvalue weighted by Crippen LogP contribution is 2.32. The summed E-state index contributed by atoms with van der Waals surface area (Å²) >= 11 is 6.09. The van der Waals surface area contributed by atoms with Gasteiger partial charge in [0.05, 0.1) is 0 Å². The monoisotopic (exact) mass is 410 g/mol. The smallest absolute Gasteiger partial charge is 0.251 e. The highest BCUT2D eigenvalue weighted by atomic mass is 35.5. The fourth-order valence-electron chi connectivity index (χ4n) is 3.39. The molecule has 1 aliphatic rings. The van der Waals surface area contributed by atoms with E-state index in [4.69, 9.17) is 23.1 Å². The highest BCUT2D eigenvalue weighted by Gasteiger charge is 2.27. The van der Waals surface area contributed by atoms with Crippen LogP contribution < -0.4 is 16.8 Å². The first kappa shape index (κ1) is 21.1. The molecular weight excluding hydrogens is 384 g/mol. The van der Waals surface area contributed by atoms with Gasteiger partial charge in [-0.3, -0.25) is 9.79 Å². The van der Waals surface area contributed by atoms with Crippen molar-refractivity contribution >= 4 is 23.2 Å². The molecule has 0 radical (unpaired) electrons. The van der Waals surface area contributed by atoms with Gasteiger partial charge in [-0.05, 0) is 66.6 Å². The van der Waals surface area contributed by atoms with Gasteiger partial charge in [0.1, 0.15) is 0 Å². The summed E-state index contributed by atoms with van der Waals surface area (Å²) in [6.45, 7) is 2.78. The molecule has 1 fully saturated rings. The lowest BCUT2D eigenvalue weighted by molar-refractivity contribution is 0.0950. The van der Waals surface area contributed by atoms with Crippen LogP contribution in [0, 0.1) is 12.8 Å². The first-order valence-electron chi connectivity index (χ1n) is 9.79. The third kappa shape index (κ3) is 5.92. The van der Waals surface area contributed by atoms with Crippen molar-refractivity contribution in [2.75, 3.05) is 0 Å². The zero-order valence-electron chi connectivity index (χ0n) is 16.6. The number of halogens is 1. The fourth-order valence-corrected chi connectivity index (χ4v) is 3.59. The maximum atomic E-state index is 12.8. The number of hydrogen-bond donors (Lipinski definition) is 3. The Bertz CT molecular complexity index is 948. The molecule has 0 atom stereocenters. The van der Waals surface area contributed by atoms with E-state index in [9.17, 15) is 4.79 Å². The molecule has 1 amide bonds. The predicted octanol–water partition coefficient (Wildman–Crippen LogP) is 3.86. The molecule has 1 aliphatic carbocycles. The fraction of sp³-hybridized carbons (Fsp3) is 0.304. The average Bonchev–Trinajstić information content (AvgIpc) is 3.54. The van der Waals surface area contributed by atoms with Crippen LogP contribution in [0.15, 0.2) is 53.8 Å². The summed E-state index contributed by atoms with van der Waals surface area (Å²) in [6.07, 6.45) is 6.14. The zero-order valence-corrected chi connectivity index (χ0v) is 17.4. The summed E-state index contributed by atoms with van der Waals surface area (Å²) in [5.74, 6) is 0.408. The van der Waals surface area contributed by atoms with Crippen LogP contribution in [0.1, 0.15) is 45.5 Å². The van der Waals surface area contributed by atoms with Gasteiger partial charge in [-0.15, -0.1) is 0 Å². The predicted molar refractivity (Wildman–Crippen MR) is 119 cm³/mol. The number of carbonyl (C=O) groups is 1. The van der Waals surface area contributed by atoms with E-state index in [2.05, 4.69) is 16.4 Å². The molecule has 2 aromatic carbocycles. The summed E-state index contributed by atoms with van der Waals surface area (Å²) in [6, 6.07) is 11.5. The number of aliphatic imine (C=N–C) groups is 1. The van der Waals surface area contributed by atoms with Crippen LogP contribution in [0.4, 0.5) is 0 Å². The topological polar surface area (TPSA) is 93.5 Å². The van der Waals surface area contributed by atoms with Crippen molar-refractivity contribution in [1.29, 1.82) is 0 Å². The zero-order chi connectivity index (χ0) is 20.8. The van der Waals surface area contributed by atoms with Crippen LogP contribution in [-0.4, -0.2) is 11.6 Å². The van der Waals surface area contributed by atoms with E-state index >= 15 is 0 Å². The summed E-state index contributed by atoms with van der Waals surface area (Å²) in [5.41, 5.74) is 17.0. The minimum atomic E-state index is -0.121. The van der Waals surface area contributed by atoms with Crippen molar-refractivity contribution in [1.82, 2.24) is 5.32 Å². The molecule has 0 bridgehead atoms. The number of benzene rings is 2. The van der Waals surface area contributed by atoms with Crippen LogP contribution in [0.3, 0.4) is 0 Å². The molecule has 0 aromatic heterocycles. The van der Waals surface area contributed by atoms with Crippen LogP contribution in [0.25, 0.3) is 0 Å². The van der Waals surface area contributed by atoms with Crippen LogP contribution in [-0.2, 0) is 19.5 Å².